The summed E-state index contributed by atoms with van der Waals surface area (Å²) in [5.74, 6) is 0.141. The summed E-state index contributed by atoms with van der Waals surface area (Å²) in [7, 11) is 1.37. The number of methoxy groups -OCH3 is 1. The van der Waals surface area contributed by atoms with Crippen LogP contribution in [0.5, 0.6) is 0 Å². The number of rotatable bonds is 1. The third kappa shape index (κ3) is 2.54. The van der Waals surface area contributed by atoms with Crippen molar-refractivity contribution in [2.75, 3.05) is 33.3 Å². The lowest BCUT2D eigenvalue weighted by molar-refractivity contribution is -0.143. The number of hydrogen-bond donors (Lipinski definition) is 1. The zero-order valence-corrected chi connectivity index (χ0v) is 11.7. The second kappa shape index (κ2) is 5.36. The number of hydrogen-bond acceptors (Lipinski definition) is 4. The Labute approximate surface area is 113 Å². The highest BCUT2D eigenvalue weighted by atomic mass is 16.5. The second-order valence-electron chi connectivity index (χ2n) is 5.67. The lowest BCUT2D eigenvalue weighted by Gasteiger charge is -2.39. The molecular weight excluding hydrogens is 246 g/mol. The number of carbonyl (C=O) groups excluding carboxylic acids is 2. The quantitative estimate of drug-likeness (QED) is 0.748. The Balaban J connectivity index is 1.94. The maximum absolute atomic E-state index is 12.6. The van der Waals surface area contributed by atoms with Gasteiger partial charge in [0.2, 0.25) is 5.91 Å². The number of ether oxygens (including phenoxy) is 1. The largest absolute Gasteiger partial charge is 0.453 e. The van der Waals surface area contributed by atoms with Gasteiger partial charge in [0, 0.05) is 32.2 Å². The van der Waals surface area contributed by atoms with Crippen LogP contribution < -0.4 is 5.73 Å². The fourth-order valence-corrected chi connectivity index (χ4v) is 3.04. The minimum Gasteiger partial charge on any atom is -0.453 e. The summed E-state index contributed by atoms with van der Waals surface area (Å²) >= 11 is 0. The first kappa shape index (κ1) is 14.1. The molecule has 0 radical (unpaired) electrons. The van der Waals surface area contributed by atoms with Crippen LogP contribution in [0.1, 0.15) is 26.2 Å². The smallest absolute Gasteiger partial charge is 0.409 e. The predicted molar refractivity (Wildman–Crippen MR) is 70.5 cm³/mol. The van der Waals surface area contributed by atoms with Gasteiger partial charge in [-0.15, -0.1) is 0 Å². The van der Waals surface area contributed by atoms with Gasteiger partial charge in [-0.25, -0.2) is 4.79 Å². The minimum absolute atomic E-state index is 0.0429. The molecule has 2 rings (SSSR count). The van der Waals surface area contributed by atoms with Crippen LogP contribution >= 0.6 is 0 Å². The highest BCUT2D eigenvalue weighted by Crippen LogP contribution is 2.38. The van der Waals surface area contributed by atoms with Gasteiger partial charge in [-0.3, -0.25) is 4.79 Å². The van der Waals surface area contributed by atoms with E-state index in [0.29, 0.717) is 26.2 Å². The van der Waals surface area contributed by atoms with E-state index >= 15 is 0 Å². The number of carbonyl (C=O) groups is 2. The zero-order valence-electron chi connectivity index (χ0n) is 11.7. The highest BCUT2D eigenvalue weighted by molar-refractivity contribution is 5.84. The lowest BCUT2D eigenvalue weighted by atomic mass is 9.83. The molecule has 1 aliphatic carbocycles. The van der Waals surface area contributed by atoms with Crippen LogP contribution in [0.15, 0.2) is 0 Å². The Morgan fingerprint density at radius 2 is 1.79 bits per heavy atom. The molecule has 2 N–H and O–H groups in total. The summed E-state index contributed by atoms with van der Waals surface area (Å²) < 4.78 is 4.69. The summed E-state index contributed by atoms with van der Waals surface area (Å²) in [6.07, 6.45) is 2.48. The Morgan fingerprint density at radius 1 is 1.21 bits per heavy atom. The van der Waals surface area contributed by atoms with Crippen molar-refractivity contribution in [1.29, 1.82) is 0 Å². The van der Waals surface area contributed by atoms with Gasteiger partial charge in [-0.1, -0.05) is 6.42 Å². The van der Waals surface area contributed by atoms with E-state index in [1.807, 2.05) is 11.8 Å². The van der Waals surface area contributed by atoms with Gasteiger partial charge in [0.25, 0.3) is 0 Å². The average molecular weight is 269 g/mol. The molecule has 0 bridgehead atoms. The molecule has 6 nitrogen and oxygen atoms in total. The first-order chi connectivity index (χ1) is 8.99. The van der Waals surface area contributed by atoms with E-state index in [1.54, 1.807) is 4.90 Å². The van der Waals surface area contributed by atoms with E-state index in [9.17, 15) is 9.59 Å². The summed E-state index contributed by atoms with van der Waals surface area (Å²) in [4.78, 5) is 27.4. The lowest BCUT2D eigenvalue weighted by Crippen LogP contribution is -2.56. The number of piperazine rings is 1. The molecule has 2 unspecified atom stereocenters. The number of nitrogens with two attached hydrogens (primary N) is 1. The number of amides is 2. The molecule has 0 spiro atoms. The molecule has 108 valence electrons. The van der Waals surface area contributed by atoms with Crippen molar-refractivity contribution >= 4 is 12.0 Å². The van der Waals surface area contributed by atoms with Gasteiger partial charge in [-0.05, 0) is 19.8 Å². The molecule has 0 aromatic rings. The molecule has 2 fully saturated rings. The average Bonchev–Trinajstić information content (AvgIpc) is 2.78. The maximum Gasteiger partial charge on any atom is 0.409 e. The monoisotopic (exact) mass is 269 g/mol. The van der Waals surface area contributed by atoms with E-state index in [-0.39, 0.29) is 18.0 Å². The van der Waals surface area contributed by atoms with Crippen molar-refractivity contribution in [3.8, 4) is 0 Å². The van der Waals surface area contributed by atoms with Crippen LogP contribution in [0.3, 0.4) is 0 Å². The molecule has 1 saturated heterocycles. The van der Waals surface area contributed by atoms with Gasteiger partial charge >= 0.3 is 6.09 Å². The third-order valence-electron chi connectivity index (χ3n) is 4.52. The van der Waals surface area contributed by atoms with E-state index in [2.05, 4.69) is 4.74 Å². The first-order valence-corrected chi connectivity index (χ1v) is 6.87. The van der Waals surface area contributed by atoms with Gasteiger partial charge < -0.3 is 20.3 Å². The predicted octanol–water partition coefficient (Wildman–Crippen LogP) is 0.415. The molecule has 19 heavy (non-hydrogen) atoms. The molecule has 1 saturated carbocycles. The van der Waals surface area contributed by atoms with Crippen molar-refractivity contribution in [2.45, 2.75) is 32.2 Å². The Morgan fingerprint density at radius 3 is 2.26 bits per heavy atom. The molecular formula is C13H23N3O3. The van der Waals surface area contributed by atoms with Crippen LogP contribution in [0, 0.1) is 5.41 Å². The zero-order chi connectivity index (χ0) is 14.0. The summed E-state index contributed by atoms with van der Waals surface area (Å²) in [5, 5.41) is 0. The molecule has 2 aliphatic rings. The van der Waals surface area contributed by atoms with E-state index in [0.717, 1.165) is 19.3 Å². The van der Waals surface area contributed by atoms with Gasteiger partial charge in [0.05, 0.1) is 12.5 Å². The molecule has 1 aliphatic heterocycles. The van der Waals surface area contributed by atoms with Crippen LogP contribution in [0.25, 0.3) is 0 Å². The van der Waals surface area contributed by atoms with E-state index in [4.69, 9.17) is 5.73 Å². The van der Waals surface area contributed by atoms with E-state index in [1.165, 1.54) is 7.11 Å². The third-order valence-corrected chi connectivity index (χ3v) is 4.52. The minimum atomic E-state index is -0.423. The fraction of sp³-hybridized carbons (Fsp3) is 0.846. The second-order valence-corrected chi connectivity index (χ2v) is 5.67. The molecule has 2 amide bonds. The van der Waals surface area contributed by atoms with Gasteiger partial charge in [0.1, 0.15) is 0 Å². The number of nitrogens with zero attached hydrogens (tertiary/aromatic N) is 2. The standard InChI is InChI=1S/C13H23N3O3/c1-13(5-3-4-10(13)14)11(17)15-6-8-16(9-7-15)12(18)19-2/h10H,3-9,14H2,1-2H3. The molecule has 1 heterocycles. The van der Waals surface area contributed by atoms with Gasteiger partial charge in [0.15, 0.2) is 0 Å². The van der Waals surface area contributed by atoms with Crippen LogP contribution in [-0.2, 0) is 9.53 Å². The molecule has 0 aromatic heterocycles. The Hall–Kier alpha value is -1.30. The van der Waals surface area contributed by atoms with E-state index < -0.39 is 5.41 Å². The van der Waals surface area contributed by atoms with Crippen molar-refractivity contribution < 1.29 is 14.3 Å². The van der Waals surface area contributed by atoms with Crippen LogP contribution in [-0.4, -0.2) is 61.1 Å². The molecule has 2 atom stereocenters. The van der Waals surface area contributed by atoms with Crippen LogP contribution in [0.2, 0.25) is 0 Å². The summed E-state index contributed by atoms with van der Waals surface area (Å²) in [6.45, 7) is 4.17. The summed E-state index contributed by atoms with van der Waals surface area (Å²) in [5.41, 5.74) is 5.66. The van der Waals surface area contributed by atoms with Crippen molar-refractivity contribution in [2.24, 2.45) is 11.1 Å². The normalized spacial score (nSPS) is 31.4. The van der Waals surface area contributed by atoms with Crippen molar-refractivity contribution in [3.05, 3.63) is 0 Å². The maximum atomic E-state index is 12.6. The SMILES string of the molecule is COC(=O)N1CCN(C(=O)C2(C)CCCC2N)CC1. The molecule has 0 aromatic carbocycles. The summed E-state index contributed by atoms with van der Waals surface area (Å²) in [6, 6.07) is -0.0429. The Kier molecular flexibility index (Phi) is 3.99. The fourth-order valence-electron chi connectivity index (χ4n) is 3.04. The van der Waals surface area contributed by atoms with Crippen molar-refractivity contribution in [3.63, 3.8) is 0 Å². The highest BCUT2D eigenvalue weighted by Gasteiger charge is 2.45. The first-order valence-electron chi connectivity index (χ1n) is 6.87. The molecule has 6 heteroatoms. The Bertz CT molecular complexity index is 366. The van der Waals surface area contributed by atoms with Crippen LogP contribution in [0.4, 0.5) is 4.79 Å². The van der Waals surface area contributed by atoms with Crippen molar-refractivity contribution in [1.82, 2.24) is 9.80 Å². The topological polar surface area (TPSA) is 75.9 Å². The van der Waals surface area contributed by atoms with Gasteiger partial charge in [-0.2, -0.15) is 0 Å².